The highest BCUT2D eigenvalue weighted by atomic mass is 127. The van der Waals surface area contributed by atoms with Crippen molar-refractivity contribution in [3.8, 4) is 11.5 Å². The quantitative estimate of drug-likeness (QED) is 0.443. The van der Waals surface area contributed by atoms with E-state index in [4.69, 9.17) is 9.47 Å². The summed E-state index contributed by atoms with van der Waals surface area (Å²) in [5, 5.41) is 3.00. The summed E-state index contributed by atoms with van der Waals surface area (Å²) in [7, 11) is 3.27. The summed E-state index contributed by atoms with van der Waals surface area (Å²) < 4.78 is 11.0. The van der Waals surface area contributed by atoms with Crippen molar-refractivity contribution in [3.05, 3.63) is 23.8 Å². The number of ether oxygens (including phenoxy) is 2. The normalized spacial score (nSPS) is 20.4. The third-order valence-corrected chi connectivity index (χ3v) is 4.82. The second-order valence-corrected chi connectivity index (χ2v) is 6.54. The fourth-order valence-electron chi connectivity index (χ4n) is 2.11. The van der Waals surface area contributed by atoms with E-state index >= 15 is 0 Å². The van der Waals surface area contributed by atoms with Crippen molar-refractivity contribution >= 4 is 28.5 Å². The van der Waals surface area contributed by atoms with Gasteiger partial charge < -0.3 is 14.8 Å². The molecule has 0 aromatic heterocycles. The smallest absolute Gasteiger partial charge is 0.224 e. The highest BCUT2D eigenvalue weighted by Gasteiger charge is 2.40. The van der Waals surface area contributed by atoms with E-state index in [0.717, 1.165) is 37.3 Å². The molecule has 0 aliphatic heterocycles. The third kappa shape index (κ3) is 4.01. The summed E-state index contributed by atoms with van der Waals surface area (Å²) in [5.41, 5.74) is 1.19. The summed E-state index contributed by atoms with van der Waals surface area (Å²) in [6.07, 6.45) is 2.88. The Kier molecular flexibility index (Phi) is 5.51. The Morgan fingerprint density at radius 3 is 2.65 bits per heavy atom. The lowest BCUT2D eigenvalue weighted by Crippen LogP contribution is -2.26. The van der Waals surface area contributed by atoms with Gasteiger partial charge in [0.2, 0.25) is 5.91 Å². The Morgan fingerprint density at radius 2 is 2.05 bits per heavy atom. The van der Waals surface area contributed by atoms with E-state index in [2.05, 4.69) is 27.9 Å². The van der Waals surface area contributed by atoms with Crippen LogP contribution in [-0.4, -0.2) is 30.6 Å². The zero-order valence-corrected chi connectivity index (χ0v) is 14.0. The Morgan fingerprint density at radius 1 is 1.35 bits per heavy atom. The van der Waals surface area contributed by atoms with E-state index in [1.54, 1.807) is 14.2 Å². The molecular weight excluding hydrogens is 369 g/mol. The van der Waals surface area contributed by atoms with Crippen LogP contribution in [0, 0.1) is 5.92 Å². The van der Waals surface area contributed by atoms with Crippen molar-refractivity contribution in [2.24, 2.45) is 5.92 Å². The molecule has 0 spiro atoms. The van der Waals surface area contributed by atoms with Crippen LogP contribution < -0.4 is 14.8 Å². The highest BCUT2D eigenvalue weighted by molar-refractivity contribution is 14.1. The SMILES string of the molecule is COc1ccc(CCCNC(=O)C2CC2I)cc1OC. The molecule has 0 radical (unpaired) electrons. The first kappa shape index (κ1) is 15.4. The lowest BCUT2D eigenvalue weighted by Gasteiger charge is -2.10. The van der Waals surface area contributed by atoms with Gasteiger partial charge in [0.1, 0.15) is 0 Å². The molecule has 0 bridgehead atoms. The average molecular weight is 389 g/mol. The largest absolute Gasteiger partial charge is 0.493 e. The van der Waals surface area contributed by atoms with Crippen molar-refractivity contribution in [1.82, 2.24) is 5.32 Å². The number of aryl methyl sites for hydroxylation is 1. The van der Waals surface area contributed by atoms with Crippen molar-refractivity contribution < 1.29 is 14.3 Å². The number of methoxy groups -OCH3 is 2. The van der Waals surface area contributed by atoms with Crippen LogP contribution in [0.1, 0.15) is 18.4 Å². The molecule has 2 unspecified atom stereocenters. The predicted octanol–water partition coefficient (Wildman–Crippen LogP) is 2.58. The molecule has 1 fully saturated rings. The molecule has 4 nitrogen and oxygen atoms in total. The van der Waals surface area contributed by atoms with Gasteiger partial charge in [0.05, 0.1) is 20.1 Å². The minimum atomic E-state index is 0.205. The Hall–Kier alpha value is -0.980. The fourth-order valence-corrected chi connectivity index (χ4v) is 2.98. The van der Waals surface area contributed by atoms with Crippen LogP contribution in [0.3, 0.4) is 0 Å². The molecule has 2 rings (SSSR count). The van der Waals surface area contributed by atoms with Crippen molar-refractivity contribution in [2.45, 2.75) is 23.2 Å². The maximum absolute atomic E-state index is 11.7. The zero-order chi connectivity index (χ0) is 14.5. The van der Waals surface area contributed by atoms with Gasteiger partial charge >= 0.3 is 0 Å². The third-order valence-electron chi connectivity index (χ3n) is 3.44. The Labute approximate surface area is 133 Å². The molecular formula is C15H20INO3. The second-order valence-electron chi connectivity index (χ2n) is 4.94. The summed E-state index contributed by atoms with van der Waals surface area (Å²) in [6, 6.07) is 5.94. The Balaban J connectivity index is 1.75. The monoisotopic (exact) mass is 389 g/mol. The van der Waals surface area contributed by atoms with Crippen LogP contribution in [0.4, 0.5) is 0 Å². The number of hydrogen-bond donors (Lipinski definition) is 1. The van der Waals surface area contributed by atoms with Gasteiger partial charge in [0.25, 0.3) is 0 Å². The van der Waals surface area contributed by atoms with E-state index in [-0.39, 0.29) is 11.8 Å². The van der Waals surface area contributed by atoms with Crippen molar-refractivity contribution in [3.63, 3.8) is 0 Å². The topological polar surface area (TPSA) is 47.6 Å². The summed E-state index contributed by atoms with van der Waals surface area (Å²) in [6.45, 7) is 0.729. The average Bonchev–Trinajstić information content (AvgIpc) is 3.20. The van der Waals surface area contributed by atoms with Gasteiger partial charge in [-0.15, -0.1) is 0 Å². The number of carbonyl (C=O) groups excluding carboxylic acids is 1. The predicted molar refractivity (Wildman–Crippen MR) is 86.8 cm³/mol. The first-order valence-electron chi connectivity index (χ1n) is 6.78. The minimum Gasteiger partial charge on any atom is -0.493 e. The minimum absolute atomic E-state index is 0.205. The van der Waals surface area contributed by atoms with Crippen LogP contribution in [0.5, 0.6) is 11.5 Å². The van der Waals surface area contributed by atoms with E-state index in [9.17, 15) is 4.79 Å². The zero-order valence-electron chi connectivity index (χ0n) is 11.8. The summed E-state index contributed by atoms with van der Waals surface area (Å²) >= 11 is 2.33. The van der Waals surface area contributed by atoms with Gasteiger partial charge in [0, 0.05) is 10.5 Å². The lowest BCUT2D eigenvalue weighted by atomic mass is 10.1. The molecule has 0 heterocycles. The van der Waals surface area contributed by atoms with Crippen LogP contribution in [-0.2, 0) is 11.2 Å². The van der Waals surface area contributed by atoms with Crippen LogP contribution in [0.15, 0.2) is 18.2 Å². The van der Waals surface area contributed by atoms with Crippen molar-refractivity contribution in [1.29, 1.82) is 0 Å². The summed E-state index contributed by atoms with van der Waals surface area (Å²) in [4.78, 5) is 11.7. The molecule has 1 aromatic rings. The van der Waals surface area contributed by atoms with E-state index in [0.29, 0.717) is 3.92 Å². The maximum atomic E-state index is 11.7. The first-order chi connectivity index (χ1) is 9.65. The number of nitrogens with one attached hydrogen (secondary N) is 1. The second kappa shape index (κ2) is 7.15. The van der Waals surface area contributed by atoms with Gasteiger partial charge in [-0.25, -0.2) is 0 Å². The van der Waals surface area contributed by atoms with Crippen LogP contribution in [0.2, 0.25) is 0 Å². The standard InChI is InChI=1S/C15H20INO3/c1-19-13-6-5-10(8-14(13)20-2)4-3-7-17-15(18)11-9-12(11)16/h5-6,8,11-12H,3-4,7,9H2,1-2H3,(H,17,18). The molecule has 0 saturated heterocycles. The van der Waals surface area contributed by atoms with Crippen molar-refractivity contribution in [2.75, 3.05) is 20.8 Å². The molecule has 20 heavy (non-hydrogen) atoms. The number of carbonyl (C=O) groups is 1. The lowest BCUT2D eigenvalue weighted by molar-refractivity contribution is -0.122. The number of hydrogen-bond acceptors (Lipinski definition) is 3. The number of rotatable bonds is 7. The first-order valence-corrected chi connectivity index (χ1v) is 8.03. The molecule has 1 N–H and O–H groups in total. The molecule has 1 saturated carbocycles. The van der Waals surface area contributed by atoms with Gasteiger partial charge in [0.15, 0.2) is 11.5 Å². The van der Waals surface area contributed by atoms with Crippen LogP contribution in [0.25, 0.3) is 0 Å². The molecule has 1 aliphatic carbocycles. The van der Waals surface area contributed by atoms with Gasteiger partial charge in [-0.05, 0) is 37.0 Å². The van der Waals surface area contributed by atoms with Gasteiger partial charge in [-0.3, -0.25) is 4.79 Å². The maximum Gasteiger partial charge on any atom is 0.224 e. The Bertz CT molecular complexity index is 478. The van der Waals surface area contributed by atoms with E-state index < -0.39 is 0 Å². The molecule has 5 heteroatoms. The number of amides is 1. The summed E-state index contributed by atoms with van der Waals surface area (Å²) in [5.74, 6) is 1.94. The molecule has 110 valence electrons. The number of halogens is 1. The van der Waals surface area contributed by atoms with E-state index in [1.807, 2.05) is 18.2 Å². The molecule has 2 atom stereocenters. The fraction of sp³-hybridized carbons (Fsp3) is 0.533. The molecule has 1 aromatic carbocycles. The molecule has 1 aliphatic rings. The van der Waals surface area contributed by atoms with Gasteiger partial charge in [-0.2, -0.15) is 0 Å². The number of benzene rings is 1. The van der Waals surface area contributed by atoms with Gasteiger partial charge in [-0.1, -0.05) is 28.7 Å². The molecule has 1 amide bonds. The van der Waals surface area contributed by atoms with E-state index in [1.165, 1.54) is 5.56 Å². The number of alkyl halides is 1. The van der Waals surface area contributed by atoms with Crippen LogP contribution >= 0.6 is 22.6 Å². The highest BCUT2D eigenvalue weighted by Crippen LogP contribution is 2.38.